The summed E-state index contributed by atoms with van der Waals surface area (Å²) in [6.45, 7) is 1.17. The molecule has 5 heteroatoms. The number of aliphatic hydroxyl groups excluding tert-OH is 1. The summed E-state index contributed by atoms with van der Waals surface area (Å²) in [6.07, 6.45) is 3.84. The number of carbonyl (C=O) groups is 1. The van der Waals surface area contributed by atoms with E-state index in [1.807, 2.05) is 0 Å². The molecule has 3 N–H and O–H groups in total. The first kappa shape index (κ1) is 14.4. The predicted octanol–water partition coefficient (Wildman–Crippen LogP) is 0.286. The molecule has 0 radical (unpaired) electrons. The molecule has 0 aromatic carbocycles. The minimum Gasteiger partial charge on any atom is -0.481 e. The molecule has 0 spiro atoms. The van der Waals surface area contributed by atoms with E-state index in [-0.39, 0.29) is 12.0 Å². The zero-order valence-corrected chi connectivity index (χ0v) is 10.8. The van der Waals surface area contributed by atoms with Gasteiger partial charge in [-0.15, -0.1) is 0 Å². The van der Waals surface area contributed by atoms with Crippen LogP contribution in [0.2, 0.25) is 0 Å². The Labute approximate surface area is 103 Å². The van der Waals surface area contributed by atoms with E-state index in [0.29, 0.717) is 6.54 Å². The summed E-state index contributed by atoms with van der Waals surface area (Å²) in [5.74, 6) is -0.956. The van der Waals surface area contributed by atoms with Crippen molar-refractivity contribution in [3.05, 3.63) is 0 Å². The molecule has 0 aliphatic heterocycles. The van der Waals surface area contributed by atoms with Crippen molar-refractivity contribution in [2.45, 2.75) is 43.7 Å². The number of aliphatic carboxylic acids is 1. The minimum atomic E-state index is -0.956. The normalized spacial score (nSPS) is 20.7. The van der Waals surface area contributed by atoms with Gasteiger partial charge in [-0.1, -0.05) is 12.8 Å². The SMILES string of the molecule is CN(C)C1(CNCC(O)CC(=O)O)CCCC1. The van der Waals surface area contributed by atoms with E-state index in [1.54, 1.807) is 0 Å². The van der Waals surface area contributed by atoms with E-state index in [9.17, 15) is 9.90 Å². The monoisotopic (exact) mass is 244 g/mol. The van der Waals surface area contributed by atoms with Crippen molar-refractivity contribution in [2.75, 3.05) is 27.2 Å². The lowest BCUT2D eigenvalue weighted by atomic mass is 9.96. The number of hydrogen-bond acceptors (Lipinski definition) is 4. The largest absolute Gasteiger partial charge is 0.481 e. The first-order valence-electron chi connectivity index (χ1n) is 6.24. The van der Waals surface area contributed by atoms with Crippen LogP contribution in [0.4, 0.5) is 0 Å². The van der Waals surface area contributed by atoms with Crippen molar-refractivity contribution in [1.82, 2.24) is 10.2 Å². The topological polar surface area (TPSA) is 72.8 Å². The van der Waals surface area contributed by atoms with Crippen LogP contribution in [0, 0.1) is 0 Å². The van der Waals surface area contributed by atoms with Gasteiger partial charge in [0.1, 0.15) is 0 Å². The summed E-state index contributed by atoms with van der Waals surface area (Å²) < 4.78 is 0. The molecular formula is C12H24N2O3. The fourth-order valence-electron chi connectivity index (χ4n) is 2.56. The van der Waals surface area contributed by atoms with E-state index < -0.39 is 12.1 Å². The molecule has 1 aliphatic carbocycles. The number of rotatable bonds is 7. The van der Waals surface area contributed by atoms with Crippen molar-refractivity contribution in [2.24, 2.45) is 0 Å². The number of nitrogens with one attached hydrogen (secondary N) is 1. The van der Waals surface area contributed by atoms with Crippen molar-refractivity contribution < 1.29 is 15.0 Å². The maximum atomic E-state index is 10.4. The second-order valence-electron chi connectivity index (χ2n) is 5.21. The third-order valence-electron chi connectivity index (χ3n) is 3.73. The molecule has 1 aliphatic rings. The van der Waals surface area contributed by atoms with Crippen LogP contribution in [0.3, 0.4) is 0 Å². The molecule has 1 atom stereocenters. The Bertz CT molecular complexity index is 250. The number of carboxylic acids is 1. The highest BCUT2D eigenvalue weighted by Gasteiger charge is 2.35. The number of carboxylic acid groups (broad SMARTS) is 1. The average molecular weight is 244 g/mol. The van der Waals surface area contributed by atoms with Gasteiger partial charge in [0.25, 0.3) is 0 Å². The van der Waals surface area contributed by atoms with Crippen molar-refractivity contribution >= 4 is 5.97 Å². The minimum absolute atomic E-state index is 0.183. The van der Waals surface area contributed by atoms with Crippen LogP contribution in [-0.2, 0) is 4.79 Å². The van der Waals surface area contributed by atoms with Crippen LogP contribution in [0.5, 0.6) is 0 Å². The Balaban J connectivity index is 2.31. The zero-order valence-electron chi connectivity index (χ0n) is 10.8. The molecule has 0 aromatic heterocycles. The van der Waals surface area contributed by atoms with Gasteiger partial charge in [-0.25, -0.2) is 0 Å². The average Bonchev–Trinajstić information content (AvgIpc) is 2.66. The van der Waals surface area contributed by atoms with Crippen LogP contribution >= 0.6 is 0 Å². The summed E-state index contributed by atoms with van der Waals surface area (Å²) in [5, 5.41) is 21.2. The van der Waals surface area contributed by atoms with Crippen molar-refractivity contribution in [3.8, 4) is 0 Å². The molecule has 17 heavy (non-hydrogen) atoms. The first-order valence-corrected chi connectivity index (χ1v) is 6.24. The van der Waals surface area contributed by atoms with Crippen molar-refractivity contribution in [1.29, 1.82) is 0 Å². The summed E-state index contributed by atoms with van der Waals surface area (Å²) in [4.78, 5) is 12.7. The Hall–Kier alpha value is -0.650. The molecule has 0 heterocycles. The van der Waals surface area contributed by atoms with E-state index in [4.69, 9.17) is 5.11 Å². The van der Waals surface area contributed by atoms with Crippen LogP contribution in [0.25, 0.3) is 0 Å². The highest BCUT2D eigenvalue weighted by Crippen LogP contribution is 2.32. The maximum Gasteiger partial charge on any atom is 0.306 e. The smallest absolute Gasteiger partial charge is 0.306 e. The van der Waals surface area contributed by atoms with Gasteiger partial charge in [0.2, 0.25) is 0 Å². The Morgan fingerprint density at radius 1 is 1.41 bits per heavy atom. The Kier molecular flexibility index (Phi) is 5.36. The molecule has 100 valence electrons. The lowest BCUT2D eigenvalue weighted by Crippen LogP contribution is -2.50. The predicted molar refractivity (Wildman–Crippen MR) is 66.0 cm³/mol. The lowest BCUT2D eigenvalue weighted by Gasteiger charge is -2.36. The molecular weight excluding hydrogens is 220 g/mol. The standard InChI is InChI=1S/C12H24N2O3/c1-14(2)12(5-3-4-6-12)9-13-8-10(15)7-11(16)17/h10,13,15H,3-9H2,1-2H3,(H,16,17). The van der Waals surface area contributed by atoms with Gasteiger partial charge in [0, 0.05) is 18.6 Å². The number of nitrogens with zero attached hydrogens (tertiary/aromatic N) is 1. The molecule has 1 unspecified atom stereocenters. The molecule has 0 aromatic rings. The molecule has 0 saturated heterocycles. The van der Waals surface area contributed by atoms with Gasteiger partial charge in [0.05, 0.1) is 12.5 Å². The highest BCUT2D eigenvalue weighted by molar-refractivity contribution is 5.67. The summed E-state index contributed by atoms with van der Waals surface area (Å²) in [6, 6.07) is 0. The molecule has 5 nitrogen and oxygen atoms in total. The Morgan fingerprint density at radius 2 is 2.00 bits per heavy atom. The quantitative estimate of drug-likeness (QED) is 0.600. The van der Waals surface area contributed by atoms with Crippen LogP contribution in [0.1, 0.15) is 32.1 Å². The fourth-order valence-corrected chi connectivity index (χ4v) is 2.56. The second kappa shape index (κ2) is 6.33. The highest BCUT2D eigenvalue weighted by atomic mass is 16.4. The fraction of sp³-hybridized carbons (Fsp3) is 0.917. The third-order valence-corrected chi connectivity index (χ3v) is 3.73. The van der Waals surface area contributed by atoms with Gasteiger partial charge in [-0.3, -0.25) is 4.79 Å². The molecule has 1 fully saturated rings. The summed E-state index contributed by atoms with van der Waals surface area (Å²) in [7, 11) is 4.17. The lowest BCUT2D eigenvalue weighted by molar-refractivity contribution is -0.139. The van der Waals surface area contributed by atoms with Crippen LogP contribution in [-0.4, -0.2) is 59.9 Å². The van der Waals surface area contributed by atoms with Gasteiger partial charge < -0.3 is 20.4 Å². The van der Waals surface area contributed by atoms with E-state index >= 15 is 0 Å². The van der Waals surface area contributed by atoms with E-state index in [0.717, 1.165) is 6.54 Å². The van der Waals surface area contributed by atoms with Crippen molar-refractivity contribution in [3.63, 3.8) is 0 Å². The Morgan fingerprint density at radius 3 is 2.47 bits per heavy atom. The van der Waals surface area contributed by atoms with Gasteiger partial charge in [0.15, 0.2) is 0 Å². The van der Waals surface area contributed by atoms with Crippen LogP contribution < -0.4 is 5.32 Å². The molecule has 0 bridgehead atoms. The molecule has 1 rings (SSSR count). The number of hydrogen-bond donors (Lipinski definition) is 3. The van der Waals surface area contributed by atoms with Gasteiger partial charge in [-0.2, -0.15) is 0 Å². The number of aliphatic hydroxyl groups is 1. The molecule has 1 saturated carbocycles. The zero-order chi connectivity index (χ0) is 12.9. The first-order chi connectivity index (χ1) is 7.96. The second-order valence-corrected chi connectivity index (χ2v) is 5.21. The van der Waals surface area contributed by atoms with Gasteiger partial charge >= 0.3 is 5.97 Å². The molecule has 0 amide bonds. The maximum absolute atomic E-state index is 10.4. The summed E-state index contributed by atoms with van der Waals surface area (Å²) >= 11 is 0. The van der Waals surface area contributed by atoms with Gasteiger partial charge in [-0.05, 0) is 26.9 Å². The third kappa shape index (κ3) is 4.26. The number of likely N-dealkylation sites (N-methyl/N-ethyl adjacent to an activating group) is 1. The van der Waals surface area contributed by atoms with E-state index in [2.05, 4.69) is 24.3 Å². The van der Waals surface area contributed by atoms with Crippen LogP contribution in [0.15, 0.2) is 0 Å². The summed E-state index contributed by atoms with van der Waals surface area (Å²) in [5.41, 5.74) is 0.183. The van der Waals surface area contributed by atoms with E-state index in [1.165, 1.54) is 25.7 Å².